The highest BCUT2D eigenvalue weighted by Crippen LogP contribution is 2.23. The Morgan fingerprint density at radius 3 is 2.82 bits per heavy atom. The fourth-order valence-corrected chi connectivity index (χ4v) is 2.92. The second kappa shape index (κ2) is 5.61. The molecule has 0 bridgehead atoms. The van der Waals surface area contributed by atoms with Crippen molar-refractivity contribution in [2.75, 3.05) is 0 Å². The summed E-state index contributed by atoms with van der Waals surface area (Å²) >= 11 is 0. The summed E-state index contributed by atoms with van der Waals surface area (Å²) < 4.78 is 1.31. The number of benzene rings is 1. The van der Waals surface area contributed by atoms with E-state index in [0.717, 1.165) is 19.3 Å². The Morgan fingerprint density at radius 1 is 1.27 bits per heavy atom. The fourth-order valence-electron chi connectivity index (χ4n) is 2.92. The van der Waals surface area contributed by atoms with Gasteiger partial charge >= 0.3 is 0 Å². The van der Waals surface area contributed by atoms with E-state index in [9.17, 15) is 9.59 Å². The lowest BCUT2D eigenvalue weighted by Gasteiger charge is -2.08. The van der Waals surface area contributed by atoms with Crippen LogP contribution in [-0.2, 0) is 19.4 Å². The molecule has 0 fully saturated rings. The van der Waals surface area contributed by atoms with Crippen LogP contribution < -0.4 is 5.56 Å². The smallest absolute Gasteiger partial charge is 0.269 e. The molecule has 0 atom stereocenters. The lowest BCUT2D eigenvalue weighted by atomic mass is 10.0. The molecule has 3 rings (SSSR count). The molecule has 1 aromatic carbocycles. The van der Waals surface area contributed by atoms with E-state index in [2.05, 4.69) is 0 Å². The average Bonchev–Trinajstić information content (AvgIpc) is 2.98. The SMILES string of the molecule is Cc1ccn(CC(=O)c2ccc3c(c2)CCC3)c(=O)c1C#N. The van der Waals surface area contributed by atoms with Gasteiger partial charge in [-0.05, 0) is 55.0 Å². The number of aryl methyl sites for hydroxylation is 3. The number of rotatable bonds is 3. The molecule has 0 N–H and O–H groups in total. The van der Waals surface area contributed by atoms with Crippen molar-refractivity contribution in [3.05, 3.63) is 68.6 Å². The molecular formula is C18H16N2O2. The summed E-state index contributed by atoms with van der Waals surface area (Å²) in [4.78, 5) is 24.6. The molecule has 2 aromatic rings. The summed E-state index contributed by atoms with van der Waals surface area (Å²) in [5.74, 6) is -0.107. The zero-order valence-corrected chi connectivity index (χ0v) is 12.4. The molecule has 0 unspecified atom stereocenters. The topological polar surface area (TPSA) is 62.9 Å². The molecule has 1 aromatic heterocycles. The van der Waals surface area contributed by atoms with Gasteiger partial charge in [-0.3, -0.25) is 9.59 Å². The maximum atomic E-state index is 12.4. The second-order valence-corrected chi connectivity index (χ2v) is 5.68. The van der Waals surface area contributed by atoms with E-state index >= 15 is 0 Å². The molecule has 0 saturated heterocycles. The molecule has 0 radical (unpaired) electrons. The number of hydrogen-bond acceptors (Lipinski definition) is 3. The average molecular weight is 292 g/mol. The van der Waals surface area contributed by atoms with E-state index in [-0.39, 0.29) is 17.9 Å². The third-order valence-electron chi connectivity index (χ3n) is 4.22. The molecule has 22 heavy (non-hydrogen) atoms. The lowest BCUT2D eigenvalue weighted by molar-refractivity contribution is 0.0970. The van der Waals surface area contributed by atoms with Crippen LogP contribution in [0.2, 0.25) is 0 Å². The molecule has 1 heterocycles. The molecule has 0 saturated carbocycles. The molecule has 0 amide bonds. The Balaban J connectivity index is 1.89. The number of hydrogen-bond donors (Lipinski definition) is 0. The number of nitriles is 1. The first-order valence-corrected chi connectivity index (χ1v) is 7.35. The highest BCUT2D eigenvalue weighted by molar-refractivity contribution is 5.96. The first kappa shape index (κ1) is 14.3. The zero-order valence-electron chi connectivity index (χ0n) is 12.4. The number of Topliss-reactive ketones (excluding diaryl/α,β-unsaturated/α-hetero) is 1. The van der Waals surface area contributed by atoms with Gasteiger partial charge in [0.25, 0.3) is 5.56 Å². The standard InChI is InChI=1S/C18H16N2O2/c1-12-7-8-20(18(22)16(12)10-19)11-17(21)15-6-5-13-3-2-4-14(13)9-15/h5-9H,2-4,11H2,1H3. The van der Waals surface area contributed by atoms with E-state index in [1.54, 1.807) is 19.2 Å². The first-order valence-electron chi connectivity index (χ1n) is 7.35. The summed E-state index contributed by atoms with van der Waals surface area (Å²) in [6.07, 6.45) is 4.80. The van der Waals surface area contributed by atoms with Crippen molar-refractivity contribution in [2.24, 2.45) is 0 Å². The number of ketones is 1. The largest absolute Gasteiger partial charge is 0.307 e. The van der Waals surface area contributed by atoms with Gasteiger partial charge in [-0.15, -0.1) is 0 Å². The van der Waals surface area contributed by atoms with Gasteiger partial charge in [0.05, 0.1) is 6.54 Å². The summed E-state index contributed by atoms with van der Waals surface area (Å²) in [6, 6.07) is 9.37. The van der Waals surface area contributed by atoms with Crippen LogP contribution in [0.4, 0.5) is 0 Å². The number of pyridine rings is 1. The van der Waals surface area contributed by atoms with Crippen LogP contribution in [0, 0.1) is 18.3 Å². The quantitative estimate of drug-likeness (QED) is 0.816. The van der Waals surface area contributed by atoms with E-state index in [4.69, 9.17) is 5.26 Å². The van der Waals surface area contributed by atoms with Crippen molar-refractivity contribution in [3.63, 3.8) is 0 Å². The highest BCUT2D eigenvalue weighted by Gasteiger charge is 2.15. The van der Waals surface area contributed by atoms with Gasteiger partial charge in [0.1, 0.15) is 11.6 Å². The van der Waals surface area contributed by atoms with E-state index in [0.29, 0.717) is 11.1 Å². The highest BCUT2D eigenvalue weighted by atomic mass is 16.1. The van der Waals surface area contributed by atoms with Crippen molar-refractivity contribution in [3.8, 4) is 6.07 Å². The van der Waals surface area contributed by atoms with Crippen LogP contribution in [0.15, 0.2) is 35.3 Å². The van der Waals surface area contributed by atoms with Crippen LogP contribution in [0.5, 0.6) is 0 Å². The lowest BCUT2D eigenvalue weighted by Crippen LogP contribution is -2.26. The minimum Gasteiger partial charge on any atom is -0.307 e. The van der Waals surface area contributed by atoms with E-state index in [1.165, 1.54) is 15.7 Å². The fraction of sp³-hybridized carbons (Fsp3) is 0.278. The zero-order chi connectivity index (χ0) is 15.7. The monoisotopic (exact) mass is 292 g/mol. The van der Waals surface area contributed by atoms with Gasteiger partial charge in [-0.25, -0.2) is 0 Å². The number of aromatic nitrogens is 1. The van der Waals surface area contributed by atoms with Crippen molar-refractivity contribution in [2.45, 2.75) is 32.7 Å². The van der Waals surface area contributed by atoms with Crippen LogP contribution in [0.25, 0.3) is 0 Å². The molecule has 0 spiro atoms. The summed E-state index contributed by atoms with van der Waals surface area (Å²) in [6.45, 7) is 1.68. The molecule has 0 aliphatic heterocycles. The van der Waals surface area contributed by atoms with E-state index < -0.39 is 5.56 Å². The molecule has 1 aliphatic carbocycles. The van der Waals surface area contributed by atoms with Crippen molar-refractivity contribution in [1.29, 1.82) is 5.26 Å². The third-order valence-corrected chi connectivity index (χ3v) is 4.22. The second-order valence-electron chi connectivity index (χ2n) is 5.68. The third kappa shape index (κ3) is 2.46. The first-order chi connectivity index (χ1) is 10.6. The Hall–Kier alpha value is -2.67. The molecule has 4 nitrogen and oxygen atoms in total. The van der Waals surface area contributed by atoms with Crippen molar-refractivity contribution in [1.82, 2.24) is 4.57 Å². The van der Waals surface area contributed by atoms with Gasteiger partial charge in [0.2, 0.25) is 0 Å². The normalized spacial score (nSPS) is 12.7. The van der Waals surface area contributed by atoms with Crippen molar-refractivity contribution < 1.29 is 4.79 Å². The number of nitrogens with zero attached hydrogens (tertiary/aromatic N) is 2. The maximum Gasteiger partial charge on any atom is 0.269 e. The Bertz CT molecular complexity index is 856. The van der Waals surface area contributed by atoms with Crippen LogP contribution in [0.3, 0.4) is 0 Å². The molecule has 110 valence electrons. The minimum absolute atomic E-state index is 0.0351. The van der Waals surface area contributed by atoms with Gasteiger partial charge in [0.15, 0.2) is 5.78 Å². The van der Waals surface area contributed by atoms with Gasteiger partial charge < -0.3 is 4.57 Å². The predicted molar refractivity (Wildman–Crippen MR) is 83.0 cm³/mol. The molecular weight excluding hydrogens is 276 g/mol. The predicted octanol–water partition coefficient (Wildman–Crippen LogP) is 2.40. The van der Waals surface area contributed by atoms with Crippen LogP contribution in [-0.4, -0.2) is 10.4 Å². The van der Waals surface area contributed by atoms with Crippen LogP contribution in [0.1, 0.15) is 39.0 Å². The van der Waals surface area contributed by atoms with Gasteiger partial charge in [-0.2, -0.15) is 5.26 Å². The summed E-state index contributed by atoms with van der Waals surface area (Å²) in [5, 5.41) is 9.03. The Morgan fingerprint density at radius 2 is 2.05 bits per heavy atom. The van der Waals surface area contributed by atoms with Gasteiger partial charge in [0, 0.05) is 11.8 Å². The number of carbonyl (C=O) groups is 1. The van der Waals surface area contributed by atoms with Crippen LogP contribution >= 0.6 is 0 Å². The number of fused-ring (bicyclic) bond motifs is 1. The Kier molecular flexibility index (Phi) is 3.64. The Labute approximate surface area is 128 Å². The maximum absolute atomic E-state index is 12.4. The summed E-state index contributed by atoms with van der Waals surface area (Å²) in [7, 11) is 0. The van der Waals surface area contributed by atoms with Gasteiger partial charge in [-0.1, -0.05) is 12.1 Å². The van der Waals surface area contributed by atoms with Crippen molar-refractivity contribution >= 4 is 5.78 Å². The number of carbonyl (C=O) groups excluding carboxylic acids is 1. The molecule has 4 heteroatoms. The summed E-state index contributed by atoms with van der Waals surface area (Å²) in [5.41, 5.74) is 3.51. The van der Waals surface area contributed by atoms with E-state index in [1.807, 2.05) is 24.3 Å². The minimum atomic E-state index is -0.406. The molecule has 1 aliphatic rings.